The van der Waals surface area contributed by atoms with E-state index in [4.69, 9.17) is 5.73 Å². The fourth-order valence-electron chi connectivity index (χ4n) is 2.35. The normalized spacial score (nSPS) is 11.6. The third kappa shape index (κ3) is 5.69. The van der Waals surface area contributed by atoms with Crippen LogP contribution < -0.4 is 16.4 Å². The standard InChI is InChI=1S/C19H22FN3O2/c1-2-5-17(21)19(25)22-12-13-6-3-9-16(10-13)23-18(24)14-7-4-8-15(20)11-14/h3-4,6-11,17H,2,5,12,21H2,1H3,(H,22,25)(H,23,24). The molecule has 0 saturated carbocycles. The first-order valence-corrected chi connectivity index (χ1v) is 8.18. The molecule has 2 rings (SSSR count). The number of halogens is 1. The first kappa shape index (κ1) is 18.6. The molecule has 0 fully saturated rings. The summed E-state index contributed by atoms with van der Waals surface area (Å²) >= 11 is 0. The number of hydrogen-bond acceptors (Lipinski definition) is 3. The van der Waals surface area contributed by atoms with Gasteiger partial charge in [0, 0.05) is 17.8 Å². The Balaban J connectivity index is 1.97. The molecule has 2 amide bonds. The van der Waals surface area contributed by atoms with Crippen molar-refractivity contribution in [3.8, 4) is 0 Å². The highest BCUT2D eigenvalue weighted by molar-refractivity contribution is 6.04. The molecule has 0 saturated heterocycles. The molecule has 0 bridgehead atoms. The molecule has 0 aliphatic rings. The van der Waals surface area contributed by atoms with E-state index in [0.29, 0.717) is 18.7 Å². The molecule has 132 valence electrons. The second-order valence-corrected chi connectivity index (χ2v) is 5.78. The minimum atomic E-state index is -0.513. The fourth-order valence-corrected chi connectivity index (χ4v) is 2.35. The molecule has 25 heavy (non-hydrogen) atoms. The Kier molecular flexibility index (Phi) is 6.65. The molecule has 2 aromatic rings. The first-order chi connectivity index (χ1) is 12.0. The smallest absolute Gasteiger partial charge is 0.255 e. The molecule has 0 aliphatic carbocycles. The molecule has 0 radical (unpaired) electrons. The molecule has 5 nitrogen and oxygen atoms in total. The van der Waals surface area contributed by atoms with E-state index in [-0.39, 0.29) is 11.5 Å². The van der Waals surface area contributed by atoms with E-state index in [1.165, 1.54) is 24.3 Å². The van der Waals surface area contributed by atoms with Crippen LogP contribution in [0.5, 0.6) is 0 Å². The number of anilines is 1. The fraction of sp³-hybridized carbons (Fsp3) is 0.263. The van der Waals surface area contributed by atoms with Gasteiger partial charge in [-0.1, -0.05) is 31.5 Å². The van der Waals surface area contributed by atoms with Crippen LogP contribution in [0.15, 0.2) is 48.5 Å². The van der Waals surface area contributed by atoms with Crippen LogP contribution in [0.2, 0.25) is 0 Å². The van der Waals surface area contributed by atoms with Gasteiger partial charge in [-0.15, -0.1) is 0 Å². The highest BCUT2D eigenvalue weighted by Gasteiger charge is 2.12. The lowest BCUT2D eigenvalue weighted by Crippen LogP contribution is -2.40. The summed E-state index contributed by atoms with van der Waals surface area (Å²) in [5, 5.41) is 5.49. The minimum Gasteiger partial charge on any atom is -0.351 e. The Morgan fingerprint density at radius 1 is 1.16 bits per heavy atom. The molecule has 0 spiro atoms. The molecular formula is C19H22FN3O2. The summed E-state index contributed by atoms with van der Waals surface area (Å²) < 4.78 is 13.2. The van der Waals surface area contributed by atoms with Gasteiger partial charge >= 0.3 is 0 Å². The summed E-state index contributed by atoms with van der Waals surface area (Å²) in [6.45, 7) is 2.29. The third-order valence-electron chi connectivity index (χ3n) is 3.67. The zero-order valence-electron chi connectivity index (χ0n) is 14.1. The van der Waals surface area contributed by atoms with Crippen molar-refractivity contribution < 1.29 is 14.0 Å². The van der Waals surface area contributed by atoms with Crippen molar-refractivity contribution in [2.45, 2.75) is 32.4 Å². The van der Waals surface area contributed by atoms with Gasteiger partial charge in [0.15, 0.2) is 0 Å². The quantitative estimate of drug-likeness (QED) is 0.723. The van der Waals surface area contributed by atoms with Gasteiger partial charge in [-0.25, -0.2) is 4.39 Å². The van der Waals surface area contributed by atoms with Crippen molar-refractivity contribution in [1.29, 1.82) is 0 Å². The van der Waals surface area contributed by atoms with Crippen LogP contribution in [-0.4, -0.2) is 17.9 Å². The van der Waals surface area contributed by atoms with Crippen molar-refractivity contribution in [2.24, 2.45) is 5.73 Å². The maximum Gasteiger partial charge on any atom is 0.255 e. The predicted octanol–water partition coefficient (Wildman–Crippen LogP) is 2.82. The molecule has 0 heterocycles. The Morgan fingerprint density at radius 3 is 2.64 bits per heavy atom. The number of hydrogen-bond donors (Lipinski definition) is 3. The van der Waals surface area contributed by atoms with Gasteiger partial charge in [-0.2, -0.15) is 0 Å². The van der Waals surface area contributed by atoms with E-state index in [1.807, 2.05) is 13.0 Å². The summed E-state index contributed by atoms with van der Waals surface area (Å²) in [5.74, 6) is -1.06. The van der Waals surface area contributed by atoms with E-state index in [0.717, 1.165) is 12.0 Å². The lowest BCUT2D eigenvalue weighted by atomic mass is 10.1. The second-order valence-electron chi connectivity index (χ2n) is 5.78. The zero-order chi connectivity index (χ0) is 18.2. The van der Waals surface area contributed by atoms with Crippen LogP contribution in [-0.2, 0) is 11.3 Å². The summed E-state index contributed by atoms with van der Waals surface area (Å²) in [6, 6.07) is 12.1. The number of amides is 2. The Labute approximate surface area is 146 Å². The van der Waals surface area contributed by atoms with E-state index in [2.05, 4.69) is 10.6 Å². The lowest BCUT2D eigenvalue weighted by Gasteiger charge is -2.12. The van der Waals surface area contributed by atoms with Crippen molar-refractivity contribution in [3.63, 3.8) is 0 Å². The minimum absolute atomic E-state index is 0.198. The van der Waals surface area contributed by atoms with E-state index in [9.17, 15) is 14.0 Å². The van der Waals surface area contributed by atoms with Crippen LogP contribution >= 0.6 is 0 Å². The molecule has 2 aromatic carbocycles. The number of rotatable bonds is 7. The molecule has 0 aromatic heterocycles. The van der Waals surface area contributed by atoms with Gasteiger partial charge in [0.25, 0.3) is 5.91 Å². The SMILES string of the molecule is CCCC(N)C(=O)NCc1cccc(NC(=O)c2cccc(F)c2)c1. The average Bonchev–Trinajstić information content (AvgIpc) is 2.60. The largest absolute Gasteiger partial charge is 0.351 e. The molecule has 0 aliphatic heterocycles. The molecule has 4 N–H and O–H groups in total. The van der Waals surface area contributed by atoms with Gasteiger partial charge in [-0.3, -0.25) is 9.59 Å². The van der Waals surface area contributed by atoms with Crippen LogP contribution in [0, 0.1) is 5.82 Å². The molecule has 1 unspecified atom stereocenters. The van der Waals surface area contributed by atoms with Crippen LogP contribution in [0.3, 0.4) is 0 Å². The highest BCUT2D eigenvalue weighted by atomic mass is 19.1. The van der Waals surface area contributed by atoms with E-state index < -0.39 is 17.8 Å². The second kappa shape index (κ2) is 8.94. The topological polar surface area (TPSA) is 84.2 Å². The van der Waals surface area contributed by atoms with E-state index in [1.54, 1.807) is 18.2 Å². The third-order valence-corrected chi connectivity index (χ3v) is 3.67. The number of nitrogens with two attached hydrogens (primary N) is 1. The summed E-state index contributed by atoms with van der Waals surface area (Å²) in [5.41, 5.74) is 7.40. The first-order valence-electron chi connectivity index (χ1n) is 8.18. The Bertz CT molecular complexity index is 749. The number of carbonyl (C=O) groups excluding carboxylic acids is 2. The lowest BCUT2D eigenvalue weighted by molar-refractivity contribution is -0.122. The summed E-state index contributed by atoms with van der Waals surface area (Å²) in [6.07, 6.45) is 1.48. The van der Waals surface area contributed by atoms with Gasteiger partial charge in [0.2, 0.25) is 5.91 Å². The van der Waals surface area contributed by atoms with Crippen LogP contribution in [0.1, 0.15) is 35.7 Å². The maximum absolute atomic E-state index is 13.2. The molecule has 1 atom stereocenters. The van der Waals surface area contributed by atoms with Crippen LogP contribution in [0.4, 0.5) is 10.1 Å². The Hall–Kier alpha value is -2.73. The zero-order valence-corrected chi connectivity index (χ0v) is 14.1. The maximum atomic E-state index is 13.2. The monoisotopic (exact) mass is 343 g/mol. The molecular weight excluding hydrogens is 321 g/mol. The average molecular weight is 343 g/mol. The van der Waals surface area contributed by atoms with E-state index >= 15 is 0 Å². The predicted molar refractivity (Wildman–Crippen MR) is 95.5 cm³/mol. The summed E-state index contributed by atoms with van der Waals surface area (Å²) in [4.78, 5) is 24.0. The number of benzene rings is 2. The van der Waals surface area contributed by atoms with Crippen molar-refractivity contribution in [1.82, 2.24) is 5.32 Å². The van der Waals surface area contributed by atoms with Crippen molar-refractivity contribution in [3.05, 3.63) is 65.5 Å². The van der Waals surface area contributed by atoms with Crippen molar-refractivity contribution >= 4 is 17.5 Å². The van der Waals surface area contributed by atoms with Gasteiger partial charge in [-0.05, 0) is 42.3 Å². The van der Waals surface area contributed by atoms with Crippen LogP contribution in [0.25, 0.3) is 0 Å². The van der Waals surface area contributed by atoms with Crippen molar-refractivity contribution in [2.75, 3.05) is 5.32 Å². The Morgan fingerprint density at radius 2 is 1.92 bits per heavy atom. The van der Waals surface area contributed by atoms with Gasteiger partial charge < -0.3 is 16.4 Å². The number of carbonyl (C=O) groups is 2. The van der Waals surface area contributed by atoms with Gasteiger partial charge in [0.05, 0.1) is 6.04 Å². The van der Waals surface area contributed by atoms with Gasteiger partial charge in [0.1, 0.15) is 5.82 Å². The summed E-state index contributed by atoms with van der Waals surface area (Å²) in [7, 11) is 0. The molecule has 6 heteroatoms. The number of nitrogens with one attached hydrogen (secondary N) is 2. The highest BCUT2D eigenvalue weighted by Crippen LogP contribution is 2.13.